The second-order valence-electron chi connectivity index (χ2n) is 3.32. The molecule has 108 valence electrons. The fourth-order valence-corrected chi connectivity index (χ4v) is 3.65. The molecule has 0 spiro atoms. The third-order valence-corrected chi connectivity index (χ3v) is 5.11. The van der Waals surface area contributed by atoms with E-state index in [0.29, 0.717) is 12.1 Å². The van der Waals surface area contributed by atoms with Crippen LogP contribution in [0.2, 0.25) is 0 Å². The zero-order valence-electron chi connectivity index (χ0n) is 8.60. The van der Waals surface area contributed by atoms with Gasteiger partial charge in [-0.2, -0.15) is 22.0 Å². The molecular weight excluding hydrogens is 429 g/mol. The van der Waals surface area contributed by atoms with Crippen molar-refractivity contribution in [1.29, 1.82) is 0 Å². The van der Waals surface area contributed by atoms with Gasteiger partial charge in [0.05, 0.1) is 10.6 Å². The molecule has 19 heavy (non-hydrogen) atoms. The molecule has 1 rings (SSSR count). The molecule has 11 heteroatoms. The number of hydrogen-bond acceptors (Lipinski definition) is 3. The van der Waals surface area contributed by atoms with Crippen LogP contribution in [0.3, 0.4) is 0 Å². The van der Waals surface area contributed by atoms with Crippen LogP contribution in [0.25, 0.3) is 0 Å². The average Bonchev–Trinajstić information content (AvgIpc) is 2.23. The lowest BCUT2D eigenvalue weighted by Crippen LogP contribution is -2.43. The van der Waals surface area contributed by atoms with Gasteiger partial charge in [-0.15, -0.1) is 0 Å². The minimum absolute atomic E-state index is 0.0331. The molecule has 2 N–H and O–H groups in total. The zero-order chi connectivity index (χ0) is 15.2. The van der Waals surface area contributed by atoms with Gasteiger partial charge >= 0.3 is 11.4 Å². The number of halogens is 7. The minimum Gasteiger partial charge on any atom is -0.397 e. The van der Waals surface area contributed by atoms with Gasteiger partial charge in [0, 0.05) is 8.95 Å². The number of alkyl halides is 5. The molecule has 0 amide bonds. The van der Waals surface area contributed by atoms with Crippen molar-refractivity contribution in [3.63, 3.8) is 0 Å². The summed E-state index contributed by atoms with van der Waals surface area (Å²) in [5, 5.41) is -5.89. The lowest BCUT2D eigenvalue weighted by molar-refractivity contribution is -0.241. The molecule has 0 aromatic heterocycles. The molecule has 1 aromatic carbocycles. The van der Waals surface area contributed by atoms with Crippen LogP contribution in [0.5, 0.6) is 0 Å². The maximum absolute atomic E-state index is 13.0. The first-order valence-electron chi connectivity index (χ1n) is 4.26. The van der Waals surface area contributed by atoms with Gasteiger partial charge in [-0.3, -0.25) is 0 Å². The molecular formula is C8H4Br2F5NO2S. The largest absolute Gasteiger partial charge is 0.469 e. The van der Waals surface area contributed by atoms with Gasteiger partial charge in [0.1, 0.15) is 0 Å². The summed E-state index contributed by atoms with van der Waals surface area (Å²) in [6, 6.07) is 1.16. The van der Waals surface area contributed by atoms with E-state index < -0.39 is 26.2 Å². The van der Waals surface area contributed by atoms with Crippen molar-refractivity contribution in [2.45, 2.75) is 16.3 Å². The first kappa shape index (κ1) is 16.6. The van der Waals surface area contributed by atoms with Crippen molar-refractivity contribution in [2.24, 2.45) is 0 Å². The molecule has 0 aliphatic heterocycles. The highest BCUT2D eigenvalue weighted by molar-refractivity contribution is 9.11. The fourth-order valence-electron chi connectivity index (χ4n) is 1.02. The molecule has 0 aliphatic rings. The lowest BCUT2D eigenvalue weighted by Gasteiger charge is -2.20. The summed E-state index contributed by atoms with van der Waals surface area (Å²) in [5.74, 6) is 0. The molecule has 3 nitrogen and oxygen atoms in total. The van der Waals surface area contributed by atoms with E-state index in [1.54, 1.807) is 0 Å². The van der Waals surface area contributed by atoms with Gasteiger partial charge in [0.25, 0.3) is 9.84 Å². The normalized spacial score (nSPS) is 13.6. The van der Waals surface area contributed by atoms with Crippen LogP contribution in [0, 0.1) is 0 Å². The number of anilines is 1. The van der Waals surface area contributed by atoms with Gasteiger partial charge in [-0.05, 0) is 44.0 Å². The quantitative estimate of drug-likeness (QED) is 0.572. The predicted molar refractivity (Wildman–Crippen MR) is 64.4 cm³/mol. The van der Waals surface area contributed by atoms with E-state index in [9.17, 15) is 30.4 Å². The van der Waals surface area contributed by atoms with Crippen molar-refractivity contribution >= 4 is 47.4 Å². The Bertz CT molecular complexity index is 591. The number of hydrogen-bond donors (Lipinski definition) is 1. The third kappa shape index (κ3) is 2.72. The van der Waals surface area contributed by atoms with Crippen LogP contribution in [-0.2, 0) is 9.84 Å². The fraction of sp³-hybridized carbons (Fsp3) is 0.250. The number of sulfone groups is 1. The zero-order valence-corrected chi connectivity index (χ0v) is 12.6. The molecule has 0 aliphatic carbocycles. The van der Waals surface area contributed by atoms with Crippen LogP contribution in [-0.4, -0.2) is 19.8 Å². The lowest BCUT2D eigenvalue weighted by atomic mass is 10.3. The van der Waals surface area contributed by atoms with Crippen molar-refractivity contribution in [2.75, 3.05) is 5.73 Å². The van der Waals surface area contributed by atoms with Crippen molar-refractivity contribution in [3.8, 4) is 0 Å². The molecule has 0 radical (unpaired) electrons. The summed E-state index contributed by atoms with van der Waals surface area (Å²) in [7, 11) is -5.93. The molecule has 0 atom stereocenters. The molecule has 0 heterocycles. The Morgan fingerprint density at radius 3 is 1.68 bits per heavy atom. The molecule has 0 unspecified atom stereocenters. The predicted octanol–water partition coefficient (Wildman–Crippen LogP) is 3.72. The van der Waals surface area contributed by atoms with E-state index in [2.05, 4.69) is 31.9 Å². The first-order chi connectivity index (χ1) is 8.32. The van der Waals surface area contributed by atoms with Crippen LogP contribution in [0.1, 0.15) is 0 Å². The van der Waals surface area contributed by atoms with E-state index in [0.717, 1.165) is 0 Å². The van der Waals surface area contributed by atoms with E-state index in [-0.39, 0.29) is 14.6 Å². The van der Waals surface area contributed by atoms with E-state index >= 15 is 0 Å². The summed E-state index contributed by atoms with van der Waals surface area (Å²) < 4.78 is 84.8. The Balaban J connectivity index is 3.54. The maximum Gasteiger partial charge on any atom is 0.469 e. The van der Waals surface area contributed by atoms with E-state index in [4.69, 9.17) is 5.73 Å². The van der Waals surface area contributed by atoms with Gasteiger partial charge in [-0.25, -0.2) is 8.42 Å². The molecule has 0 fully saturated rings. The SMILES string of the molecule is Nc1c(Br)cc(S(=O)(=O)C(F)(F)C(F)(F)F)cc1Br. The molecule has 0 bridgehead atoms. The maximum atomic E-state index is 13.0. The molecule has 1 aromatic rings. The third-order valence-electron chi connectivity index (χ3n) is 2.03. The molecule has 0 saturated heterocycles. The number of rotatable bonds is 2. The summed E-state index contributed by atoms with van der Waals surface area (Å²) in [6.07, 6.45) is -6.22. The Morgan fingerprint density at radius 2 is 1.37 bits per heavy atom. The summed E-state index contributed by atoms with van der Waals surface area (Å²) in [6.45, 7) is 0. The Hall–Kier alpha value is -0.420. The van der Waals surface area contributed by atoms with Gasteiger partial charge < -0.3 is 5.73 Å². The number of benzene rings is 1. The average molecular weight is 433 g/mol. The van der Waals surface area contributed by atoms with E-state index in [1.165, 1.54) is 0 Å². The summed E-state index contributed by atoms with van der Waals surface area (Å²) in [4.78, 5) is -1.21. The minimum atomic E-state index is -6.22. The van der Waals surface area contributed by atoms with Gasteiger partial charge in [0.15, 0.2) is 0 Å². The van der Waals surface area contributed by atoms with Gasteiger partial charge in [0.2, 0.25) is 0 Å². The Kier molecular flexibility index (Phi) is 4.24. The topological polar surface area (TPSA) is 60.2 Å². The smallest absolute Gasteiger partial charge is 0.397 e. The summed E-state index contributed by atoms with van der Waals surface area (Å²) >= 11 is 5.52. The second-order valence-corrected chi connectivity index (χ2v) is 7.02. The number of nitrogens with two attached hydrogens (primary N) is 1. The van der Waals surface area contributed by atoms with Crippen LogP contribution in [0.4, 0.5) is 27.6 Å². The highest BCUT2D eigenvalue weighted by atomic mass is 79.9. The molecule has 0 saturated carbocycles. The van der Waals surface area contributed by atoms with E-state index in [1.807, 2.05) is 0 Å². The van der Waals surface area contributed by atoms with Crippen LogP contribution >= 0.6 is 31.9 Å². The highest BCUT2D eigenvalue weighted by Gasteiger charge is 2.67. The van der Waals surface area contributed by atoms with Gasteiger partial charge in [-0.1, -0.05) is 0 Å². The first-order valence-corrected chi connectivity index (χ1v) is 7.33. The summed E-state index contributed by atoms with van der Waals surface area (Å²) in [5.41, 5.74) is 5.36. The second kappa shape index (κ2) is 4.85. The van der Waals surface area contributed by atoms with Crippen LogP contribution < -0.4 is 5.73 Å². The number of nitrogen functional groups attached to an aromatic ring is 1. The van der Waals surface area contributed by atoms with Crippen molar-refractivity contribution < 1.29 is 30.4 Å². The van der Waals surface area contributed by atoms with Crippen molar-refractivity contribution in [1.82, 2.24) is 0 Å². The Morgan fingerprint density at radius 1 is 1.00 bits per heavy atom. The van der Waals surface area contributed by atoms with Crippen molar-refractivity contribution in [3.05, 3.63) is 21.1 Å². The monoisotopic (exact) mass is 431 g/mol. The Labute approximate surface area is 121 Å². The van der Waals surface area contributed by atoms with Crippen LogP contribution in [0.15, 0.2) is 26.0 Å². The standard InChI is InChI=1S/C8H4Br2F5NO2S/c9-4-1-3(2-5(10)6(4)16)19(17,18)8(14,15)7(11,12)13/h1-2H,16H2. The highest BCUT2D eigenvalue weighted by Crippen LogP contribution is 2.44.